The normalized spacial score (nSPS) is 16.4. The Labute approximate surface area is 153 Å². The Kier molecular flexibility index (Phi) is 5.63. The van der Waals surface area contributed by atoms with Crippen molar-refractivity contribution < 1.29 is 0 Å². The first-order valence-corrected chi connectivity index (χ1v) is 9.04. The molecule has 0 bridgehead atoms. The molecular formula is C18H21ClN4S. The van der Waals surface area contributed by atoms with E-state index in [9.17, 15) is 0 Å². The number of nitrogens with zero attached hydrogens (tertiary/aromatic N) is 2. The Morgan fingerprint density at radius 3 is 2.54 bits per heavy atom. The van der Waals surface area contributed by atoms with E-state index >= 15 is 0 Å². The molecule has 0 unspecified atom stereocenters. The highest BCUT2D eigenvalue weighted by molar-refractivity contribution is 7.80. The van der Waals surface area contributed by atoms with E-state index in [0.717, 1.165) is 24.4 Å². The number of benzene rings is 1. The van der Waals surface area contributed by atoms with Crippen molar-refractivity contribution in [3.8, 4) is 0 Å². The van der Waals surface area contributed by atoms with E-state index in [1.165, 1.54) is 24.8 Å². The summed E-state index contributed by atoms with van der Waals surface area (Å²) in [4.78, 5) is 8.22. The summed E-state index contributed by atoms with van der Waals surface area (Å²) in [5.41, 5.74) is 1.44. The van der Waals surface area contributed by atoms with Gasteiger partial charge in [0.1, 0.15) is 0 Å². The second-order valence-electron chi connectivity index (χ2n) is 6.25. The average molecular weight is 361 g/mol. The minimum atomic E-state index is 0.108. The highest BCUT2D eigenvalue weighted by atomic mass is 35.5. The fraction of sp³-hybridized carbons (Fsp3) is 0.389. The highest BCUT2D eigenvalue weighted by Crippen LogP contribution is 2.39. The number of hydrogen-bond acceptors (Lipinski definition) is 3. The molecule has 0 atom stereocenters. The van der Waals surface area contributed by atoms with Gasteiger partial charge < -0.3 is 10.6 Å². The van der Waals surface area contributed by atoms with Crippen LogP contribution >= 0.6 is 23.8 Å². The van der Waals surface area contributed by atoms with Gasteiger partial charge in [-0.1, -0.05) is 43.0 Å². The Balaban J connectivity index is 1.68. The van der Waals surface area contributed by atoms with Gasteiger partial charge >= 0.3 is 0 Å². The molecule has 24 heavy (non-hydrogen) atoms. The number of nitrogens with one attached hydrogen (secondary N) is 2. The first-order valence-electron chi connectivity index (χ1n) is 8.25. The van der Waals surface area contributed by atoms with Crippen LogP contribution in [-0.2, 0) is 5.41 Å². The minimum Gasteiger partial charge on any atom is -0.362 e. The average Bonchev–Trinajstić information content (AvgIpc) is 2.62. The van der Waals surface area contributed by atoms with E-state index in [2.05, 4.69) is 32.7 Å². The molecule has 0 radical (unpaired) electrons. The van der Waals surface area contributed by atoms with Crippen LogP contribution in [0.5, 0.6) is 0 Å². The van der Waals surface area contributed by atoms with Crippen LogP contribution in [-0.4, -0.2) is 21.6 Å². The summed E-state index contributed by atoms with van der Waals surface area (Å²) >= 11 is 11.5. The molecule has 126 valence electrons. The van der Waals surface area contributed by atoms with Crippen molar-refractivity contribution in [2.45, 2.75) is 37.5 Å². The molecule has 0 spiro atoms. The lowest BCUT2D eigenvalue weighted by molar-refractivity contribution is 0.292. The lowest BCUT2D eigenvalue weighted by atomic mass is 9.69. The second-order valence-corrected chi connectivity index (χ2v) is 7.09. The van der Waals surface area contributed by atoms with Crippen LogP contribution in [0.1, 0.15) is 37.7 Å². The lowest BCUT2D eigenvalue weighted by Crippen LogP contribution is -2.43. The maximum absolute atomic E-state index is 6.05. The van der Waals surface area contributed by atoms with Crippen molar-refractivity contribution in [2.75, 3.05) is 11.9 Å². The maximum atomic E-state index is 6.05. The number of hydrogen-bond donors (Lipinski definition) is 2. The van der Waals surface area contributed by atoms with Crippen LogP contribution in [0.3, 0.4) is 0 Å². The highest BCUT2D eigenvalue weighted by Gasteiger charge is 2.33. The van der Waals surface area contributed by atoms with Gasteiger partial charge in [-0.25, -0.2) is 4.98 Å². The van der Waals surface area contributed by atoms with Crippen LogP contribution in [0.15, 0.2) is 42.9 Å². The van der Waals surface area contributed by atoms with Crippen LogP contribution in [0.2, 0.25) is 5.02 Å². The van der Waals surface area contributed by atoms with Crippen molar-refractivity contribution in [1.82, 2.24) is 15.3 Å². The van der Waals surface area contributed by atoms with Crippen molar-refractivity contribution in [3.05, 3.63) is 53.4 Å². The molecule has 4 nitrogen and oxygen atoms in total. The molecule has 2 aromatic rings. The Bertz CT molecular complexity index is 669. The molecule has 0 aliphatic heterocycles. The number of halogens is 1. The fourth-order valence-electron chi connectivity index (χ4n) is 3.37. The predicted octanol–water partition coefficient (Wildman–Crippen LogP) is 4.32. The summed E-state index contributed by atoms with van der Waals surface area (Å²) in [6.07, 6.45) is 11.1. The van der Waals surface area contributed by atoms with Gasteiger partial charge in [0.25, 0.3) is 0 Å². The molecule has 1 fully saturated rings. The molecular weight excluding hydrogens is 340 g/mol. The molecule has 2 N–H and O–H groups in total. The van der Waals surface area contributed by atoms with E-state index in [1.54, 1.807) is 18.6 Å². The summed E-state index contributed by atoms with van der Waals surface area (Å²) in [5, 5.41) is 7.81. The van der Waals surface area contributed by atoms with E-state index in [1.807, 2.05) is 12.1 Å². The van der Waals surface area contributed by atoms with E-state index in [0.29, 0.717) is 10.9 Å². The topological polar surface area (TPSA) is 49.8 Å². The van der Waals surface area contributed by atoms with Crippen LogP contribution in [0, 0.1) is 0 Å². The third kappa shape index (κ3) is 4.22. The van der Waals surface area contributed by atoms with Crippen molar-refractivity contribution >= 4 is 34.7 Å². The predicted molar refractivity (Wildman–Crippen MR) is 102 cm³/mol. The van der Waals surface area contributed by atoms with E-state index < -0.39 is 0 Å². The second kappa shape index (κ2) is 7.90. The van der Waals surface area contributed by atoms with Crippen molar-refractivity contribution in [3.63, 3.8) is 0 Å². The fourth-order valence-corrected chi connectivity index (χ4v) is 3.68. The lowest BCUT2D eigenvalue weighted by Gasteiger charge is -2.38. The largest absolute Gasteiger partial charge is 0.362 e. The summed E-state index contributed by atoms with van der Waals surface area (Å²) in [6.45, 7) is 0.806. The Morgan fingerprint density at radius 2 is 1.88 bits per heavy atom. The summed E-state index contributed by atoms with van der Waals surface area (Å²) in [7, 11) is 0. The molecule has 1 aromatic carbocycles. The maximum Gasteiger partial charge on any atom is 0.172 e. The number of thiocarbonyl (C=S) groups is 1. The monoisotopic (exact) mass is 360 g/mol. The Morgan fingerprint density at radius 1 is 1.12 bits per heavy atom. The first kappa shape index (κ1) is 17.1. The van der Waals surface area contributed by atoms with Gasteiger partial charge in [-0.3, -0.25) is 4.98 Å². The van der Waals surface area contributed by atoms with Gasteiger partial charge in [-0.2, -0.15) is 0 Å². The van der Waals surface area contributed by atoms with E-state index in [4.69, 9.17) is 23.8 Å². The molecule has 3 rings (SSSR count). The Hall–Kier alpha value is -1.72. The summed E-state index contributed by atoms with van der Waals surface area (Å²) < 4.78 is 0. The molecule has 1 aliphatic carbocycles. The third-order valence-electron chi connectivity index (χ3n) is 4.66. The van der Waals surface area contributed by atoms with Crippen LogP contribution < -0.4 is 10.6 Å². The molecule has 1 heterocycles. The zero-order valence-corrected chi connectivity index (χ0v) is 15.0. The number of rotatable bonds is 4. The molecule has 1 aromatic heterocycles. The first-order chi connectivity index (χ1) is 11.7. The van der Waals surface area contributed by atoms with Gasteiger partial charge in [0.2, 0.25) is 0 Å². The third-order valence-corrected chi connectivity index (χ3v) is 5.16. The minimum absolute atomic E-state index is 0.108. The summed E-state index contributed by atoms with van der Waals surface area (Å²) in [6, 6.07) is 8.25. The molecule has 0 saturated heterocycles. The van der Waals surface area contributed by atoms with Gasteiger partial charge in [0.05, 0.1) is 6.20 Å². The standard InChI is InChI=1S/C18H21ClN4S/c19-15-6-4-14(5-7-15)18(8-2-1-3-9-18)13-22-17(24)23-16-12-20-10-11-21-16/h4-7,10-12H,1-3,8-9,13H2,(H2,21,22,23,24). The van der Waals surface area contributed by atoms with Crippen LogP contribution in [0.4, 0.5) is 5.82 Å². The van der Waals surface area contributed by atoms with Gasteiger partial charge in [-0.05, 0) is 42.8 Å². The van der Waals surface area contributed by atoms with Crippen LogP contribution in [0.25, 0.3) is 0 Å². The zero-order chi connectivity index (χ0) is 16.8. The smallest absolute Gasteiger partial charge is 0.172 e. The molecule has 1 aliphatic rings. The van der Waals surface area contributed by atoms with E-state index in [-0.39, 0.29) is 5.41 Å². The van der Waals surface area contributed by atoms with Gasteiger partial charge in [0, 0.05) is 29.4 Å². The van der Waals surface area contributed by atoms with Gasteiger partial charge in [-0.15, -0.1) is 0 Å². The SMILES string of the molecule is S=C(NCC1(c2ccc(Cl)cc2)CCCCC1)Nc1cnccn1. The van der Waals surface area contributed by atoms with Crippen molar-refractivity contribution in [2.24, 2.45) is 0 Å². The molecule has 0 amide bonds. The number of anilines is 1. The zero-order valence-electron chi connectivity index (χ0n) is 13.5. The van der Waals surface area contributed by atoms with Crippen molar-refractivity contribution in [1.29, 1.82) is 0 Å². The van der Waals surface area contributed by atoms with Gasteiger partial charge in [0.15, 0.2) is 10.9 Å². The quantitative estimate of drug-likeness (QED) is 0.795. The molecule has 6 heteroatoms. The summed E-state index contributed by atoms with van der Waals surface area (Å²) in [5.74, 6) is 0.652. The number of aromatic nitrogens is 2. The molecule has 1 saturated carbocycles.